The first kappa shape index (κ1) is 16.9. The van der Waals surface area contributed by atoms with Gasteiger partial charge in [-0.25, -0.2) is 4.79 Å². The third-order valence-electron chi connectivity index (χ3n) is 3.88. The van der Waals surface area contributed by atoms with Crippen LogP contribution in [0.1, 0.15) is 46.0 Å². The maximum atomic E-state index is 12.1. The van der Waals surface area contributed by atoms with Gasteiger partial charge in [0.1, 0.15) is 0 Å². The molecule has 1 aliphatic heterocycles. The van der Waals surface area contributed by atoms with Gasteiger partial charge in [-0.3, -0.25) is 15.0 Å². The zero-order valence-corrected chi connectivity index (χ0v) is 12.7. The highest BCUT2D eigenvalue weighted by atomic mass is 16.3. The van der Waals surface area contributed by atoms with E-state index < -0.39 is 6.03 Å². The van der Waals surface area contributed by atoms with Crippen LogP contribution in [0.15, 0.2) is 0 Å². The average molecular weight is 285 g/mol. The Balaban J connectivity index is 2.70. The number of rotatable bonds is 4. The molecule has 3 amide bonds. The SMILES string of the molecule is CNC(=O)NC(=O)C(C)N1CCCCCC1CC(C)O. The Labute approximate surface area is 120 Å². The number of nitrogens with zero attached hydrogens (tertiary/aromatic N) is 1. The Morgan fingerprint density at radius 2 is 2.00 bits per heavy atom. The predicted molar refractivity (Wildman–Crippen MR) is 77.3 cm³/mol. The summed E-state index contributed by atoms with van der Waals surface area (Å²) < 4.78 is 0. The highest BCUT2D eigenvalue weighted by molar-refractivity contribution is 5.96. The van der Waals surface area contributed by atoms with Crippen LogP contribution in [0, 0.1) is 0 Å². The lowest BCUT2D eigenvalue weighted by molar-refractivity contribution is -0.126. The summed E-state index contributed by atoms with van der Waals surface area (Å²) in [6, 6.07) is -0.652. The number of aliphatic hydroxyl groups is 1. The van der Waals surface area contributed by atoms with Crippen LogP contribution in [-0.4, -0.2) is 53.7 Å². The van der Waals surface area contributed by atoms with Crippen molar-refractivity contribution in [2.24, 2.45) is 0 Å². The Bertz CT molecular complexity index is 334. The Morgan fingerprint density at radius 1 is 1.30 bits per heavy atom. The van der Waals surface area contributed by atoms with Gasteiger partial charge in [-0.1, -0.05) is 12.8 Å². The molecule has 0 aliphatic carbocycles. The van der Waals surface area contributed by atoms with E-state index in [2.05, 4.69) is 15.5 Å². The largest absolute Gasteiger partial charge is 0.393 e. The number of carbonyl (C=O) groups is 2. The zero-order chi connectivity index (χ0) is 15.1. The predicted octanol–water partition coefficient (Wildman–Crippen LogP) is 0.846. The summed E-state index contributed by atoms with van der Waals surface area (Å²) in [5.41, 5.74) is 0. The fourth-order valence-corrected chi connectivity index (χ4v) is 2.79. The van der Waals surface area contributed by atoms with Crippen LogP contribution >= 0.6 is 0 Å². The van der Waals surface area contributed by atoms with E-state index in [9.17, 15) is 14.7 Å². The second kappa shape index (κ2) is 8.21. The number of hydrogen-bond donors (Lipinski definition) is 3. The maximum Gasteiger partial charge on any atom is 0.321 e. The lowest BCUT2D eigenvalue weighted by Gasteiger charge is -2.34. The Kier molecular flexibility index (Phi) is 6.95. The molecule has 20 heavy (non-hydrogen) atoms. The van der Waals surface area contributed by atoms with E-state index in [4.69, 9.17) is 0 Å². The van der Waals surface area contributed by atoms with Gasteiger partial charge in [-0.2, -0.15) is 0 Å². The molecule has 116 valence electrons. The molecule has 3 unspecified atom stereocenters. The zero-order valence-electron chi connectivity index (χ0n) is 12.7. The summed E-state index contributed by atoms with van der Waals surface area (Å²) in [6.07, 6.45) is 4.59. The molecule has 3 N–H and O–H groups in total. The molecule has 0 aromatic carbocycles. The molecule has 3 atom stereocenters. The normalized spacial score (nSPS) is 23.5. The molecule has 0 aromatic heterocycles. The summed E-state index contributed by atoms with van der Waals surface area (Å²) in [4.78, 5) is 25.4. The molecular formula is C14H27N3O3. The summed E-state index contributed by atoms with van der Waals surface area (Å²) in [6.45, 7) is 4.43. The standard InChI is InChI=1S/C14H27N3O3/c1-10(18)9-12-7-5-4-6-8-17(12)11(2)13(19)16-14(20)15-3/h10-12,18H,4-9H2,1-3H3,(H2,15,16,19,20). The minimum absolute atomic E-state index is 0.197. The third-order valence-corrected chi connectivity index (χ3v) is 3.88. The van der Waals surface area contributed by atoms with E-state index in [1.54, 1.807) is 6.92 Å². The average Bonchev–Trinajstić information content (AvgIpc) is 2.62. The molecule has 1 fully saturated rings. The van der Waals surface area contributed by atoms with Gasteiger partial charge in [0.25, 0.3) is 0 Å². The molecule has 1 heterocycles. The molecule has 0 aromatic rings. The van der Waals surface area contributed by atoms with Gasteiger partial charge in [0.15, 0.2) is 0 Å². The van der Waals surface area contributed by atoms with E-state index in [1.807, 2.05) is 6.92 Å². The molecule has 0 radical (unpaired) electrons. The number of amides is 3. The minimum Gasteiger partial charge on any atom is -0.393 e. The molecule has 0 bridgehead atoms. The molecule has 0 spiro atoms. The van der Waals surface area contributed by atoms with Crippen molar-refractivity contribution >= 4 is 11.9 Å². The maximum absolute atomic E-state index is 12.1. The van der Waals surface area contributed by atoms with Crippen LogP contribution < -0.4 is 10.6 Å². The number of carbonyl (C=O) groups excluding carboxylic acids is 2. The van der Waals surface area contributed by atoms with Crippen LogP contribution in [-0.2, 0) is 4.79 Å². The summed E-state index contributed by atoms with van der Waals surface area (Å²) in [5.74, 6) is -0.290. The molecule has 1 aliphatic rings. The van der Waals surface area contributed by atoms with E-state index in [0.29, 0.717) is 6.42 Å². The molecule has 1 saturated heterocycles. The lowest BCUT2D eigenvalue weighted by atomic mass is 10.0. The van der Waals surface area contributed by atoms with Crippen molar-refractivity contribution in [1.82, 2.24) is 15.5 Å². The topological polar surface area (TPSA) is 81.7 Å². The molecule has 6 nitrogen and oxygen atoms in total. The van der Waals surface area contributed by atoms with Gasteiger partial charge >= 0.3 is 6.03 Å². The van der Waals surface area contributed by atoms with Gasteiger partial charge in [-0.15, -0.1) is 0 Å². The fraction of sp³-hybridized carbons (Fsp3) is 0.857. The number of imide groups is 1. The molecule has 0 saturated carbocycles. The van der Waals surface area contributed by atoms with Gasteiger partial charge in [0.05, 0.1) is 12.1 Å². The van der Waals surface area contributed by atoms with Crippen LogP contribution in [0.2, 0.25) is 0 Å². The fourth-order valence-electron chi connectivity index (χ4n) is 2.79. The number of nitrogens with one attached hydrogen (secondary N) is 2. The van der Waals surface area contributed by atoms with E-state index in [-0.39, 0.29) is 24.1 Å². The molecular weight excluding hydrogens is 258 g/mol. The van der Waals surface area contributed by atoms with E-state index >= 15 is 0 Å². The summed E-state index contributed by atoms with van der Waals surface area (Å²) in [5, 5.41) is 14.3. The van der Waals surface area contributed by atoms with E-state index in [0.717, 1.165) is 32.2 Å². The van der Waals surface area contributed by atoms with Crippen molar-refractivity contribution in [3.63, 3.8) is 0 Å². The quantitative estimate of drug-likeness (QED) is 0.715. The first-order valence-corrected chi connectivity index (χ1v) is 7.42. The number of aliphatic hydroxyl groups excluding tert-OH is 1. The lowest BCUT2D eigenvalue weighted by Crippen LogP contribution is -2.52. The minimum atomic E-state index is -0.483. The third kappa shape index (κ3) is 5.09. The highest BCUT2D eigenvalue weighted by Gasteiger charge is 2.30. The van der Waals surface area contributed by atoms with E-state index in [1.165, 1.54) is 7.05 Å². The van der Waals surface area contributed by atoms with Gasteiger partial charge in [0.2, 0.25) is 5.91 Å². The smallest absolute Gasteiger partial charge is 0.321 e. The first-order valence-electron chi connectivity index (χ1n) is 7.42. The van der Waals surface area contributed by atoms with Crippen molar-refractivity contribution in [2.75, 3.05) is 13.6 Å². The molecule has 6 heteroatoms. The van der Waals surface area contributed by atoms with Crippen LogP contribution in [0.5, 0.6) is 0 Å². The summed E-state index contributed by atoms with van der Waals surface area (Å²) in [7, 11) is 1.48. The highest BCUT2D eigenvalue weighted by Crippen LogP contribution is 2.22. The van der Waals surface area contributed by atoms with Crippen LogP contribution in [0.25, 0.3) is 0 Å². The summed E-state index contributed by atoms with van der Waals surface area (Å²) >= 11 is 0. The number of urea groups is 1. The second-order valence-electron chi connectivity index (χ2n) is 5.57. The molecule has 1 rings (SSSR count). The van der Waals surface area contributed by atoms with Crippen molar-refractivity contribution in [3.05, 3.63) is 0 Å². The Hall–Kier alpha value is -1.14. The van der Waals surface area contributed by atoms with Gasteiger partial charge in [-0.05, 0) is 39.7 Å². The number of hydrogen-bond acceptors (Lipinski definition) is 4. The van der Waals surface area contributed by atoms with Crippen molar-refractivity contribution in [2.45, 2.75) is 64.1 Å². The monoisotopic (exact) mass is 285 g/mol. The van der Waals surface area contributed by atoms with Crippen molar-refractivity contribution in [3.8, 4) is 0 Å². The van der Waals surface area contributed by atoms with Crippen LogP contribution in [0.3, 0.4) is 0 Å². The van der Waals surface area contributed by atoms with Gasteiger partial charge < -0.3 is 10.4 Å². The number of likely N-dealkylation sites (tertiary alicyclic amines) is 1. The first-order chi connectivity index (χ1) is 9.45. The van der Waals surface area contributed by atoms with Crippen molar-refractivity contribution in [1.29, 1.82) is 0 Å². The van der Waals surface area contributed by atoms with Crippen LogP contribution in [0.4, 0.5) is 4.79 Å². The second-order valence-corrected chi connectivity index (χ2v) is 5.57. The van der Waals surface area contributed by atoms with Gasteiger partial charge in [0, 0.05) is 13.1 Å². The van der Waals surface area contributed by atoms with Crippen molar-refractivity contribution < 1.29 is 14.7 Å². The Morgan fingerprint density at radius 3 is 2.60 bits per heavy atom.